The zero-order valence-electron chi connectivity index (χ0n) is 9.08. The monoisotopic (exact) mass is 269 g/mol. The first-order chi connectivity index (χ1) is 8.04. The van der Waals surface area contributed by atoms with Crippen molar-refractivity contribution in [2.45, 2.75) is 0 Å². The number of benzene rings is 1. The molecule has 2 aromatic rings. The summed E-state index contributed by atoms with van der Waals surface area (Å²) in [4.78, 5) is 0. The molecule has 0 bridgehead atoms. The summed E-state index contributed by atoms with van der Waals surface area (Å²) >= 11 is 1.51. The van der Waals surface area contributed by atoms with Crippen molar-refractivity contribution in [1.82, 2.24) is 0 Å². The molecule has 6 heteroatoms. The molecule has 17 heavy (non-hydrogen) atoms. The first-order valence-corrected chi connectivity index (χ1v) is 7.65. The van der Waals surface area contributed by atoms with E-state index in [2.05, 4.69) is 4.72 Å². The van der Waals surface area contributed by atoms with Gasteiger partial charge >= 0.3 is 0 Å². The maximum atomic E-state index is 11.2. The van der Waals surface area contributed by atoms with Crippen LogP contribution in [0.5, 0.6) is 11.5 Å². The third kappa shape index (κ3) is 3.47. The van der Waals surface area contributed by atoms with E-state index < -0.39 is 10.0 Å². The van der Waals surface area contributed by atoms with Gasteiger partial charge in [0.1, 0.15) is 5.75 Å². The minimum atomic E-state index is -3.31. The van der Waals surface area contributed by atoms with Gasteiger partial charge in [-0.3, -0.25) is 4.72 Å². The van der Waals surface area contributed by atoms with E-state index >= 15 is 0 Å². The Morgan fingerprint density at radius 1 is 1.24 bits per heavy atom. The van der Waals surface area contributed by atoms with E-state index in [1.165, 1.54) is 11.3 Å². The van der Waals surface area contributed by atoms with Crippen LogP contribution in [-0.4, -0.2) is 14.7 Å². The summed E-state index contributed by atoms with van der Waals surface area (Å²) in [5, 5.41) is 3.74. The number of anilines is 1. The molecule has 0 aliphatic carbocycles. The average molecular weight is 269 g/mol. The van der Waals surface area contributed by atoms with Crippen molar-refractivity contribution in [3.63, 3.8) is 0 Å². The highest BCUT2D eigenvalue weighted by Gasteiger charge is 2.08. The Morgan fingerprint density at radius 3 is 2.65 bits per heavy atom. The fraction of sp³-hybridized carbons (Fsp3) is 0.0909. The largest absolute Gasteiger partial charge is 0.454 e. The highest BCUT2D eigenvalue weighted by molar-refractivity contribution is 7.92. The first kappa shape index (κ1) is 11.9. The Morgan fingerprint density at radius 2 is 2.00 bits per heavy atom. The fourth-order valence-electron chi connectivity index (χ4n) is 1.28. The number of para-hydroxylation sites is 2. The summed E-state index contributed by atoms with van der Waals surface area (Å²) in [7, 11) is -3.31. The maximum Gasteiger partial charge on any atom is 0.229 e. The molecule has 1 N–H and O–H groups in total. The van der Waals surface area contributed by atoms with Crippen LogP contribution in [0.2, 0.25) is 0 Å². The summed E-state index contributed by atoms with van der Waals surface area (Å²) in [6, 6.07) is 8.72. The molecule has 1 aromatic heterocycles. The molecule has 4 nitrogen and oxygen atoms in total. The van der Waals surface area contributed by atoms with Gasteiger partial charge in [0.2, 0.25) is 10.0 Å². The van der Waals surface area contributed by atoms with E-state index in [1.807, 2.05) is 16.8 Å². The van der Waals surface area contributed by atoms with E-state index in [1.54, 1.807) is 24.3 Å². The number of sulfonamides is 1. The predicted molar refractivity (Wildman–Crippen MR) is 69.3 cm³/mol. The van der Waals surface area contributed by atoms with Crippen molar-refractivity contribution in [2.75, 3.05) is 11.0 Å². The van der Waals surface area contributed by atoms with Gasteiger partial charge in [-0.15, -0.1) is 11.3 Å². The molecule has 0 amide bonds. The summed E-state index contributed by atoms with van der Waals surface area (Å²) in [5.74, 6) is 1.18. The molecule has 2 rings (SSSR count). The Labute approximate surface area is 104 Å². The van der Waals surface area contributed by atoms with Crippen LogP contribution in [0.4, 0.5) is 5.69 Å². The van der Waals surface area contributed by atoms with Crippen LogP contribution in [0.1, 0.15) is 0 Å². The first-order valence-electron chi connectivity index (χ1n) is 4.81. The molecule has 0 aliphatic heterocycles. The molecule has 0 spiro atoms. The van der Waals surface area contributed by atoms with E-state index in [0.29, 0.717) is 17.2 Å². The molecular weight excluding hydrogens is 258 g/mol. The number of nitrogens with one attached hydrogen (secondary N) is 1. The smallest absolute Gasteiger partial charge is 0.229 e. The lowest BCUT2D eigenvalue weighted by Crippen LogP contribution is -2.10. The van der Waals surface area contributed by atoms with Crippen molar-refractivity contribution in [3.05, 3.63) is 41.1 Å². The highest BCUT2D eigenvalue weighted by Crippen LogP contribution is 2.30. The summed E-state index contributed by atoms with van der Waals surface area (Å²) < 4.78 is 30.4. The Kier molecular flexibility index (Phi) is 3.35. The van der Waals surface area contributed by atoms with Gasteiger partial charge in [0.15, 0.2) is 5.75 Å². The highest BCUT2D eigenvalue weighted by atomic mass is 32.2. The molecule has 90 valence electrons. The molecule has 0 fully saturated rings. The van der Waals surface area contributed by atoms with E-state index in [-0.39, 0.29) is 0 Å². The van der Waals surface area contributed by atoms with Crippen LogP contribution in [0.25, 0.3) is 0 Å². The fourth-order valence-corrected chi connectivity index (χ4v) is 2.40. The standard InChI is InChI=1S/C11H11NO3S2/c1-17(13,14)12-10-4-2-3-5-11(10)15-9-6-7-16-8-9/h2-8,12H,1H3. The lowest BCUT2D eigenvalue weighted by molar-refractivity contribution is 0.487. The molecule has 0 radical (unpaired) electrons. The average Bonchev–Trinajstić information content (AvgIpc) is 2.71. The lowest BCUT2D eigenvalue weighted by atomic mass is 10.3. The Balaban J connectivity index is 2.28. The van der Waals surface area contributed by atoms with Gasteiger partial charge in [-0.2, -0.15) is 0 Å². The van der Waals surface area contributed by atoms with Crippen LogP contribution in [-0.2, 0) is 10.0 Å². The number of hydrogen-bond acceptors (Lipinski definition) is 4. The van der Waals surface area contributed by atoms with Crippen LogP contribution in [0.3, 0.4) is 0 Å². The molecule has 0 atom stereocenters. The molecular formula is C11H11NO3S2. The van der Waals surface area contributed by atoms with Crippen molar-refractivity contribution >= 4 is 27.0 Å². The van der Waals surface area contributed by atoms with Crippen LogP contribution in [0.15, 0.2) is 41.1 Å². The van der Waals surface area contributed by atoms with Crippen molar-refractivity contribution in [2.24, 2.45) is 0 Å². The summed E-state index contributed by atoms with van der Waals surface area (Å²) in [6.45, 7) is 0. The molecule has 1 aromatic carbocycles. The number of rotatable bonds is 4. The van der Waals surface area contributed by atoms with E-state index in [4.69, 9.17) is 4.74 Å². The van der Waals surface area contributed by atoms with Crippen molar-refractivity contribution in [1.29, 1.82) is 0 Å². The Hall–Kier alpha value is -1.53. The van der Waals surface area contributed by atoms with Gasteiger partial charge in [0.05, 0.1) is 11.9 Å². The Bertz CT molecular complexity index is 591. The molecule has 0 saturated carbocycles. The maximum absolute atomic E-state index is 11.2. The van der Waals surface area contributed by atoms with Crippen LogP contribution >= 0.6 is 11.3 Å². The van der Waals surface area contributed by atoms with E-state index in [9.17, 15) is 8.42 Å². The van der Waals surface area contributed by atoms with Gasteiger partial charge in [0.25, 0.3) is 0 Å². The quantitative estimate of drug-likeness (QED) is 0.928. The van der Waals surface area contributed by atoms with Crippen LogP contribution in [0, 0.1) is 0 Å². The third-order valence-electron chi connectivity index (χ3n) is 1.91. The number of ether oxygens (including phenoxy) is 1. The minimum absolute atomic E-state index is 0.432. The predicted octanol–water partition coefficient (Wildman–Crippen LogP) is 2.91. The second-order valence-corrected chi connectivity index (χ2v) is 5.96. The van der Waals surface area contributed by atoms with Crippen molar-refractivity contribution in [3.8, 4) is 11.5 Å². The van der Waals surface area contributed by atoms with Gasteiger partial charge < -0.3 is 4.74 Å². The molecule has 0 saturated heterocycles. The summed E-state index contributed by atoms with van der Waals surface area (Å²) in [5.41, 5.74) is 0.432. The van der Waals surface area contributed by atoms with Gasteiger partial charge in [-0.1, -0.05) is 12.1 Å². The summed E-state index contributed by atoms with van der Waals surface area (Å²) in [6.07, 6.45) is 1.11. The topological polar surface area (TPSA) is 55.4 Å². The van der Waals surface area contributed by atoms with Gasteiger partial charge in [0, 0.05) is 5.38 Å². The second-order valence-electron chi connectivity index (χ2n) is 3.43. The SMILES string of the molecule is CS(=O)(=O)Nc1ccccc1Oc1ccsc1. The van der Waals surface area contributed by atoms with Gasteiger partial charge in [-0.25, -0.2) is 8.42 Å². The van der Waals surface area contributed by atoms with Crippen LogP contribution < -0.4 is 9.46 Å². The zero-order valence-corrected chi connectivity index (χ0v) is 10.7. The number of hydrogen-bond donors (Lipinski definition) is 1. The zero-order chi connectivity index (χ0) is 12.3. The van der Waals surface area contributed by atoms with E-state index in [0.717, 1.165) is 6.26 Å². The normalized spacial score (nSPS) is 11.1. The lowest BCUT2D eigenvalue weighted by Gasteiger charge is -2.10. The van der Waals surface area contributed by atoms with Gasteiger partial charge in [-0.05, 0) is 23.6 Å². The third-order valence-corrected chi connectivity index (χ3v) is 3.16. The molecule has 0 unspecified atom stereocenters. The minimum Gasteiger partial charge on any atom is -0.454 e. The number of thiophene rings is 1. The van der Waals surface area contributed by atoms with Crippen molar-refractivity contribution < 1.29 is 13.2 Å². The molecule has 0 aliphatic rings. The second kappa shape index (κ2) is 4.77. The molecule has 1 heterocycles.